The Morgan fingerprint density at radius 2 is 1.79 bits per heavy atom. The smallest absolute Gasteiger partial charge is 0.119 e. The second kappa shape index (κ2) is 8.98. The van der Waals surface area contributed by atoms with E-state index in [9.17, 15) is 0 Å². The maximum absolute atomic E-state index is 5.77. The van der Waals surface area contributed by atoms with Gasteiger partial charge in [0.2, 0.25) is 0 Å². The van der Waals surface area contributed by atoms with Gasteiger partial charge in [0.15, 0.2) is 0 Å². The second-order valence-corrected chi connectivity index (χ2v) is 5.53. The molecule has 1 rings (SSSR count). The zero-order chi connectivity index (χ0) is 14.1. The number of hydrogen-bond acceptors (Lipinski definition) is 2. The molecule has 0 radical (unpaired) electrons. The van der Waals surface area contributed by atoms with Gasteiger partial charge in [-0.1, -0.05) is 39.3 Å². The summed E-state index contributed by atoms with van der Waals surface area (Å²) in [5.41, 5.74) is 1.37. The van der Waals surface area contributed by atoms with E-state index in [1.165, 1.54) is 18.4 Å². The van der Waals surface area contributed by atoms with Gasteiger partial charge in [-0.15, -0.1) is 0 Å². The van der Waals surface area contributed by atoms with Gasteiger partial charge in [-0.05, 0) is 49.9 Å². The first-order valence-electron chi connectivity index (χ1n) is 7.60. The van der Waals surface area contributed by atoms with Crippen molar-refractivity contribution in [2.45, 2.75) is 53.0 Å². The Bertz CT molecular complexity index is 334. The fraction of sp³-hybridized carbons (Fsp3) is 0.647. The molecule has 2 nitrogen and oxygen atoms in total. The van der Waals surface area contributed by atoms with Crippen LogP contribution in [0.15, 0.2) is 24.3 Å². The lowest BCUT2D eigenvalue weighted by molar-refractivity contribution is 0.256. The van der Waals surface area contributed by atoms with Crippen molar-refractivity contribution in [2.75, 3.05) is 13.2 Å². The molecule has 2 heteroatoms. The monoisotopic (exact) mass is 263 g/mol. The molecule has 0 aliphatic heterocycles. The van der Waals surface area contributed by atoms with Crippen LogP contribution in [0.3, 0.4) is 0 Å². The average molecular weight is 263 g/mol. The maximum Gasteiger partial charge on any atom is 0.119 e. The molecule has 0 spiro atoms. The van der Waals surface area contributed by atoms with Gasteiger partial charge in [-0.2, -0.15) is 0 Å². The predicted octanol–water partition coefficient (Wildman–Crippen LogP) is 4.04. The molecule has 0 saturated heterocycles. The standard InChI is InChI=1S/C17H29NO/c1-5-11-18-15(4)12-16-7-9-17(10-8-16)19-13-14(3)6-2/h7-10,14-15,18H,5-6,11-13H2,1-4H3. The van der Waals surface area contributed by atoms with Gasteiger partial charge in [0.05, 0.1) is 6.61 Å². The van der Waals surface area contributed by atoms with E-state index in [0.717, 1.165) is 25.3 Å². The van der Waals surface area contributed by atoms with Crippen LogP contribution in [0.2, 0.25) is 0 Å². The summed E-state index contributed by atoms with van der Waals surface area (Å²) in [7, 11) is 0. The first-order valence-corrected chi connectivity index (χ1v) is 7.60. The maximum atomic E-state index is 5.77. The summed E-state index contributed by atoms with van der Waals surface area (Å²) in [6.07, 6.45) is 3.43. The van der Waals surface area contributed by atoms with Crippen LogP contribution in [0, 0.1) is 5.92 Å². The molecule has 0 amide bonds. The first-order chi connectivity index (χ1) is 9.15. The molecule has 0 aliphatic carbocycles. The van der Waals surface area contributed by atoms with Gasteiger partial charge >= 0.3 is 0 Å². The Morgan fingerprint density at radius 1 is 1.11 bits per heavy atom. The van der Waals surface area contributed by atoms with Crippen molar-refractivity contribution in [3.63, 3.8) is 0 Å². The normalized spacial score (nSPS) is 14.1. The highest BCUT2D eigenvalue weighted by Gasteiger charge is 2.04. The van der Waals surface area contributed by atoms with E-state index in [1.54, 1.807) is 0 Å². The number of nitrogens with one attached hydrogen (secondary N) is 1. The lowest BCUT2D eigenvalue weighted by Gasteiger charge is -2.14. The molecule has 0 aromatic heterocycles. The fourth-order valence-electron chi connectivity index (χ4n) is 1.89. The Balaban J connectivity index is 2.38. The van der Waals surface area contributed by atoms with E-state index in [0.29, 0.717) is 12.0 Å². The largest absolute Gasteiger partial charge is 0.493 e. The zero-order valence-corrected chi connectivity index (χ0v) is 12.9. The van der Waals surface area contributed by atoms with Crippen molar-refractivity contribution in [3.05, 3.63) is 29.8 Å². The molecular formula is C17H29NO. The van der Waals surface area contributed by atoms with Crippen molar-refractivity contribution in [2.24, 2.45) is 5.92 Å². The topological polar surface area (TPSA) is 21.3 Å². The third-order valence-corrected chi connectivity index (χ3v) is 3.44. The lowest BCUT2D eigenvalue weighted by atomic mass is 10.1. The molecule has 0 bridgehead atoms. The van der Waals surface area contributed by atoms with E-state index < -0.39 is 0 Å². The summed E-state index contributed by atoms with van der Waals surface area (Å²) < 4.78 is 5.77. The van der Waals surface area contributed by atoms with Crippen molar-refractivity contribution < 1.29 is 4.74 Å². The summed E-state index contributed by atoms with van der Waals surface area (Å²) >= 11 is 0. The number of hydrogen-bond donors (Lipinski definition) is 1. The number of rotatable bonds is 9. The van der Waals surface area contributed by atoms with Crippen molar-refractivity contribution in [1.82, 2.24) is 5.32 Å². The highest BCUT2D eigenvalue weighted by Crippen LogP contribution is 2.15. The Kier molecular flexibility index (Phi) is 7.57. The van der Waals surface area contributed by atoms with Crippen molar-refractivity contribution in [3.8, 4) is 5.75 Å². The van der Waals surface area contributed by atoms with Gasteiger partial charge in [-0.25, -0.2) is 0 Å². The van der Waals surface area contributed by atoms with Crippen molar-refractivity contribution in [1.29, 1.82) is 0 Å². The summed E-state index contributed by atoms with van der Waals surface area (Å²) in [6, 6.07) is 9.06. The Morgan fingerprint density at radius 3 is 2.37 bits per heavy atom. The first kappa shape index (κ1) is 16.0. The lowest BCUT2D eigenvalue weighted by Crippen LogP contribution is -2.28. The fourth-order valence-corrected chi connectivity index (χ4v) is 1.89. The van der Waals surface area contributed by atoms with Crippen LogP contribution in [-0.2, 0) is 6.42 Å². The van der Waals surface area contributed by atoms with E-state index in [2.05, 4.69) is 57.3 Å². The Hall–Kier alpha value is -1.02. The quantitative estimate of drug-likeness (QED) is 0.726. The summed E-state index contributed by atoms with van der Waals surface area (Å²) in [5, 5.41) is 3.51. The summed E-state index contributed by atoms with van der Waals surface area (Å²) in [4.78, 5) is 0. The highest BCUT2D eigenvalue weighted by atomic mass is 16.5. The molecule has 2 unspecified atom stereocenters. The predicted molar refractivity (Wildman–Crippen MR) is 82.9 cm³/mol. The van der Waals surface area contributed by atoms with Crippen molar-refractivity contribution >= 4 is 0 Å². The highest BCUT2D eigenvalue weighted by molar-refractivity contribution is 5.27. The summed E-state index contributed by atoms with van der Waals surface area (Å²) in [6.45, 7) is 10.8. The third kappa shape index (κ3) is 6.63. The van der Waals surface area contributed by atoms with E-state index in [1.807, 2.05) is 0 Å². The van der Waals surface area contributed by atoms with Gasteiger partial charge < -0.3 is 10.1 Å². The Labute approximate surface area is 118 Å². The molecule has 0 aliphatic rings. The van der Waals surface area contributed by atoms with Crippen LogP contribution in [0.1, 0.15) is 46.1 Å². The number of ether oxygens (including phenoxy) is 1. The molecule has 2 atom stereocenters. The van der Waals surface area contributed by atoms with Gasteiger partial charge in [0.25, 0.3) is 0 Å². The molecule has 19 heavy (non-hydrogen) atoms. The minimum atomic E-state index is 0.534. The van der Waals surface area contributed by atoms with Crippen LogP contribution in [0.4, 0.5) is 0 Å². The molecule has 1 aromatic rings. The van der Waals surface area contributed by atoms with Gasteiger partial charge in [-0.3, -0.25) is 0 Å². The van der Waals surface area contributed by atoms with Crippen LogP contribution in [-0.4, -0.2) is 19.2 Å². The molecular weight excluding hydrogens is 234 g/mol. The molecule has 1 aromatic carbocycles. The molecule has 108 valence electrons. The molecule has 0 heterocycles. The van der Waals surface area contributed by atoms with Crippen LogP contribution < -0.4 is 10.1 Å². The van der Waals surface area contributed by atoms with Crippen LogP contribution >= 0.6 is 0 Å². The average Bonchev–Trinajstić information content (AvgIpc) is 2.44. The minimum absolute atomic E-state index is 0.534. The molecule has 1 N–H and O–H groups in total. The second-order valence-electron chi connectivity index (χ2n) is 5.53. The van der Waals surface area contributed by atoms with Gasteiger partial charge in [0, 0.05) is 6.04 Å². The third-order valence-electron chi connectivity index (χ3n) is 3.44. The van der Waals surface area contributed by atoms with E-state index in [-0.39, 0.29) is 0 Å². The van der Waals surface area contributed by atoms with E-state index >= 15 is 0 Å². The van der Waals surface area contributed by atoms with Gasteiger partial charge in [0.1, 0.15) is 5.75 Å². The van der Waals surface area contributed by atoms with E-state index in [4.69, 9.17) is 4.74 Å². The van der Waals surface area contributed by atoms with Crippen LogP contribution in [0.25, 0.3) is 0 Å². The van der Waals surface area contributed by atoms with Crippen LogP contribution in [0.5, 0.6) is 5.75 Å². The SMILES string of the molecule is CCCNC(C)Cc1ccc(OCC(C)CC)cc1. The minimum Gasteiger partial charge on any atom is -0.493 e. The molecule has 0 fully saturated rings. The number of benzene rings is 1. The zero-order valence-electron chi connectivity index (χ0n) is 12.9. The molecule has 0 saturated carbocycles. The summed E-state index contributed by atoms with van der Waals surface area (Å²) in [5.74, 6) is 1.61.